The lowest BCUT2D eigenvalue weighted by molar-refractivity contribution is -0.119. The van der Waals surface area contributed by atoms with E-state index in [9.17, 15) is 9.59 Å². The van der Waals surface area contributed by atoms with Gasteiger partial charge in [-0.2, -0.15) is 0 Å². The van der Waals surface area contributed by atoms with Gasteiger partial charge in [0.05, 0.1) is 11.2 Å². The number of anilines is 1. The van der Waals surface area contributed by atoms with E-state index in [4.69, 9.17) is 4.98 Å². The number of carbonyl (C=O) groups excluding carboxylic acids is 2. The molecule has 2 aromatic heterocycles. The molecule has 0 radical (unpaired) electrons. The van der Waals surface area contributed by atoms with Crippen LogP contribution in [0.1, 0.15) is 23.3 Å². The number of carbonyl (C=O) groups is 2. The predicted octanol–water partition coefficient (Wildman–Crippen LogP) is 2.00. The zero-order valence-corrected chi connectivity index (χ0v) is 19.2. The van der Waals surface area contributed by atoms with Crippen LogP contribution in [-0.2, 0) is 11.8 Å². The molecule has 2 saturated heterocycles. The Kier molecular flexibility index (Phi) is 5.76. The molecule has 8 nitrogen and oxygen atoms in total. The average Bonchev–Trinajstić information content (AvgIpc) is 3.42. The van der Waals surface area contributed by atoms with Crippen molar-refractivity contribution >= 4 is 28.4 Å². The van der Waals surface area contributed by atoms with Crippen molar-refractivity contribution in [3.8, 4) is 11.3 Å². The first-order valence-corrected chi connectivity index (χ1v) is 11.6. The first kappa shape index (κ1) is 21.5. The first-order valence-electron chi connectivity index (χ1n) is 11.6. The number of hydrogen-bond acceptors (Lipinski definition) is 5. The number of likely N-dealkylation sites (N-methyl/N-ethyl adjacent to an activating group) is 1. The Balaban J connectivity index is 1.40. The van der Waals surface area contributed by atoms with Crippen LogP contribution in [0.2, 0.25) is 0 Å². The number of amides is 2. The van der Waals surface area contributed by atoms with E-state index in [1.807, 2.05) is 29.9 Å². The lowest BCUT2D eigenvalue weighted by atomic mass is 10.1. The second-order valence-corrected chi connectivity index (χ2v) is 9.07. The molecule has 2 aliphatic heterocycles. The second-order valence-electron chi connectivity index (χ2n) is 9.07. The number of nitrogens with one attached hydrogen (secondary N) is 2. The summed E-state index contributed by atoms with van der Waals surface area (Å²) >= 11 is 0. The molecule has 5 rings (SSSR count). The molecule has 0 saturated carbocycles. The van der Waals surface area contributed by atoms with E-state index in [-0.39, 0.29) is 17.9 Å². The van der Waals surface area contributed by atoms with Crippen molar-refractivity contribution in [2.45, 2.75) is 18.9 Å². The van der Waals surface area contributed by atoms with Crippen molar-refractivity contribution in [1.29, 1.82) is 0 Å². The molecule has 1 aromatic carbocycles. The van der Waals surface area contributed by atoms with Crippen LogP contribution in [-0.4, -0.2) is 72.1 Å². The molecule has 0 aliphatic carbocycles. The number of benzene rings is 1. The standard InChI is InChI=1S/C25H30N6O2/c1-29-11-13-31(14-12-29)19-6-3-17(4-7-19)21-15-22-20(9-10-30(22)2)24(28-21)25(33)26-16-18-5-8-23(32)27-18/h3-4,6-7,9-10,15,18H,5,8,11-14,16H2,1-2H3,(H,26,33)(H,27,32). The Morgan fingerprint density at radius 1 is 1.12 bits per heavy atom. The smallest absolute Gasteiger partial charge is 0.270 e. The Morgan fingerprint density at radius 3 is 2.58 bits per heavy atom. The number of aromatic nitrogens is 2. The van der Waals surface area contributed by atoms with Crippen LogP contribution in [0.25, 0.3) is 22.2 Å². The molecule has 2 fully saturated rings. The molecule has 1 unspecified atom stereocenters. The van der Waals surface area contributed by atoms with Crippen LogP contribution in [0.4, 0.5) is 5.69 Å². The third-order valence-electron chi connectivity index (χ3n) is 6.72. The van der Waals surface area contributed by atoms with Crippen molar-refractivity contribution < 1.29 is 9.59 Å². The zero-order chi connectivity index (χ0) is 22.9. The highest BCUT2D eigenvalue weighted by molar-refractivity contribution is 6.05. The van der Waals surface area contributed by atoms with E-state index in [0.29, 0.717) is 18.7 Å². The number of piperazine rings is 1. The van der Waals surface area contributed by atoms with E-state index >= 15 is 0 Å². The van der Waals surface area contributed by atoms with Crippen LogP contribution < -0.4 is 15.5 Å². The predicted molar refractivity (Wildman–Crippen MR) is 129 cm³/mol. The highest BCUT2D eigenvalue weighted by atomic mass is 16.2. The van der Waals surface area contributed by atoms with Gasteiger partial charge < -0.3 is 25.0 Å². The van der Waals surface area contributed by atoms with Gasteiger partial charge in [0.15, 0.2) is 0 Å². The molecule has 8 heteroatoms. The molecule has 1 atom stereocenters. The largest absolute Gasteiger partial charge is 0.369 e. The maximum atomic E-state index is 13.1. The molecule has 2 amide bonds. The highest BCUT2D eigenvalue weighted by Gasteiger charge is 2.23. The molecular formula is C25H30N6O2. The normalized spacial score (nSPS) is 19.2. The molecule has 0 spiro atoms. The number of rotatable bonds is 5. The lowest BCUT2D eigenvalue weighted by Crippen LogP contribution is -2.44. The lowest BCUT2D eigenvalue weighted by Gasteiger charge is -2.34. The van der Waals surface area contributed by atoms with Crippen molar-refractivity contribution in [2.24, 2.45) is 7.05 Å². The van der Waals surface area contributed by atoms with Crippen LogP contribution in [0.15, 0.2) is 42.6 Å². The summed E-state index contributed by atoms with van der Waals surface area (Å²) in [5.74, 6) is -0.178. The topological polar surface area (TPSA) is 82.5 Å². The minimum Gasteiger partial charge on any atom is -0.369 e. The molecule has 33 heavy (non-hydrogen) atoms. The SMILES string of the molecule is CN1CCN(c2ccc(-c3cc4c(ccn4C)c(C(=O)NCC4CCC(=O)N4)n3)cc2)CC1. The van der Waals surface area contributed by atoms with Gasteiger partial charge in [-0.25, -0.2) is 4.98 Å². The zero-order valence-electron chi connectivity index (χ0n) is 19.2. The third-order valence-corrected chi connectivity index (χ3v) is 6.72. The fourth-order valence-corrected chi connectivity index (χ4v) is 4.62. The van der Waals surface area contributed by atoms with Crippen LogP contribution in [0.5, 0.6) is 0 Å². The molecule has 4 heterocycles. The molecule has 0 bridgehead atoms. The van der Waals surface area contributed by atoms with Gasteiger partial charge in [0, 0.05) is 75.1 Å². The van der Waals surface area contributed by atoms with Gasteiger partial charge in [-0.1, -0.05) is 12.1 Å². The number of nitrogens with zero attached hydrogens (tertiary/aromatic N) is 4. The highest BCUT2D eigenvalue weighted by Crippen LogP contribution is 2.27. The monoisotopic (exact) mass is 446 g/mol. The molecule has 172 valence electrons. The van der Waals surface area contributed by atoms with Crippen molar-refractivity contribution in [1.82, 2.24) is 25.1 Å². The van der Waals surface area contributed by atoms with Crippen molar-refractivity contribution in [3.63, 3.8) is 0 Å². The van der Waals surface area contributed by atoms with Crippen molar-refractivity contribution in [2.75, 3.05) is 44.7 Å². The van der Waals surface area contributed by atoms with Gasteiger partial charge in [0.25, 0.3) is 5.91 Å². The minimum atomic E-state index is -0.219. The number of hydrogen-bond donors (Lipinski definition) is 2. The van der Waals surface area contributed by atoms with Gasteiger partial charge >= 0.3 is 0 Å². The summed E-state index contributed by atoms with van der Waals surface area (Å²) in [5.41, 5.74) is 4.34. The number of pyridine rings is 1. The van der Waals surface area contributed by atoms with E-state index in [1.54, 1.807) is 0 Å². The first-order chi connectivity index (χ1) is 16.0. The Bertz CT molecular complexity index is 1180. The van der Waals surface area contributed by atoms with E-state index in [0.717, 1.165) is 54.8 Å². The molecule has 2 aliphatic rings. The number of aryl methyl sites for hydroxylation is 1. The second kappa shape index (κ2) is 8.86. The van der Waals surface area contributed by atoms with Crippen LogP contribution in [0.3, 0.4) is 0 Å². The summed E-state index contributed by atoms with van der Waals surface area (Å²) in [6, 6.07) is 12.4. The van der Waals surface area contributed by atoms with Crippen LogP contribution >= 0.6 is 0 Å². The minimum absolute atomic E-state index is 0.0157. The summed E-state index contributed by atoms with van der Waals surface area (Å²) in [6.07, 6.45) is 3.20. The Hall–Kier alpha value is -3.39. The summed E-state index contributed by atoms with van der Waals surface area (Å²) in [6.45, 7) is 4.59. The van der Waals surface area contributed by atoms with Gasteiger partial charge in [-0.3, -0.25) is 9.59 Å². The van der Waals surface area contributed by atoms with Crippen LogP contribution in [0, 0.1) is 0 Å². The van der Waals surface area contributed by atoms with Crippen molar-refractivity contribution in [3.05, 3.63) is 48.3 Å². The van der Waals surface area contributed by atoms with E-state index < -0.39 is 0 Å². The number of fused-ring (bicyclic) bond motifs is 1. The summed E-state index contributed by atoms with van der Waals surface area (Å²) in [5, 5.41) is 6.67. The maximum Gasteiger partial charge on any atom is 0.270 e. The van der Waals surface area contributed by atoms with E-state index in [1.165, 1.54) is 5.69 Å². The maximum absolute atomic E-state index is 13.1. The van der Waals surface area contributed by atoms with Gasteiger partial charge in [0.1, 0.15) is 5.69 Å². The average molecular weight is 447 g/mol. The fourth-order valence-electron chi connectivity index (χ4n) is 4.62. The van der Waals surface area contributed by atoms with Gasteiger partial charge in [-0.15, -0.1) is 0 Å². The summed E-state index contributed by atoms with van der Waals surface area (Å²) in [4.78, 5) is 34.0. The quantitative estimate of drug-likeness (QED) is 0.627. The van der Waals surface area contributed by atoms with Gasteiger partial charge in [0.2, 0.25) is 5.91 Å². The summed E-state index contributed by atoms with van der Waals surface area (Å²) in [7, 11) is 4.13. The Labute approximate surface area is 193 Å². The molecular weight excluding hydrogens is 416 g/mol. The van der Waals surface area contributed by atoms with Gasteiger partial charge in [-0.05, 0) is 37.7 Å². The third kappa shape index (κ3) is 4.43. The summed E-state index contributed by atoms with van der Waals surface area (Å²) < 4.78 is 2.01. The molecule has 3 aromatic rings. The Morgan fingerprint density at radius 2 is 1.88 bits per heavy atom. The van der Waals surface area contributed by atoms with E-state index in [2.05, 4.69) is 51.7 Å². The fraction of sp³-hybridized carbons (Fsp3) is 0.400. The molecule has 2 N–H and O–H groups in total.